The maximum Gasteiger partial charge on any atom is 0.332 e. The Morgan fingerprint density at radius 3 is 2.39 bits per heavy atom. The van der Waals surface area contributed by atoms with Gasteiger partial charge in [-0.3, -0.25) is 18.8 Å². The highest BCUT2D eigenvalue weighted by molar-refractivity contribution is 5.85. The van der Waals surface area contributed by atoms with Crippen LogP contribution in [-0.2, 0) is 31.9 Å². The lowest BCUT2D eigenvalue weighted by molar-refractivity contribution is -0.0712. The molecule has 5 rings (SSSR count). The Hall–Kier alpha value is -3.23. The third kappa shape index (κ3) is 3.79. The van der Waals surface area contributed by atoms with E-state index in [2.05, 4.69) is 43.0 Å². The van der Waals surface area contributed by atoms with Gasteiger partial charge in [0.15, 0.2) is 11.2 Å². The Balaban J connectivity index is 1.69. The van der Waals surface area contributed by atoms with Crippen molar-refractivity contribution in [3.8, 4) is 0 Å². The SMILES string of the molecule is C[C@@H]1CN(Cc2nc3c(c(=O)n(C)c(=O)n3C)n2Cc2cccc3ccccc23)C[C@@H](C)O1. The Morgan fingerprint density at radius 2 is 1.64 bits per heavy atom. The molecule has 0 spiro atoms. The molecule has 1 saturated heterocycles. The molecule has 2 atom stereocenters. The topological polar surface area (TPSA) is 74.3 Å². The van der Waals surface area contributed by atoms with E-state index >= 15 is 0 Å². The summed E-state index contributed by atoms with van der Waals surface area (Å²) in [6.45, 7) is 6.80. The molecule has 0 unspecified atom stereocenters. The van der Waals surface area contributed by atoms with E-state index in [1.54, 1.807) is 7.05 Å². The van der Waals surface area contributed by atoms with Gasteiger partial charge >= 0.3 is 5.69 Å². The number of aryl methyl sites for hydroxylation is 1. The van der Waals surface area contributed by atoms with Crippen molar-refractivity contribution in [2.24, 2.45) is 14.1 Å². The van der Waals surface area contributed by atoms with E-state index < -0.39 is 0 Å². The third-order valence-corrected chi connectivity index (χ3v) is 6.50. The van der Waals surface area contributed by atoms with Crippen molar-refractivity contribution in [2.75, 3.05) is 13.1 Å². The van der Waals surface area contributed by atoms with E-state index in [9.17, 15) is 9.59 Å². The molecule has 1 fully saturated rings. The van der Waals surface area contributed by atoms with E-state index in [-0.39, 0.29) is 23.5 Å². The largest absolute Gasteiger partial charge is 0.373 e. The molecule has 172 valence electrons. The number of nitrogens with zero attached hydrogens (tertiary/aromatic N) is 5. The predicted molar refractivity (Wildman–Crippen MR) is 129 cm³/mol. The van der Waals surface area contributed by atoms with Gasteiger partial charge in [0.2, 0.25) is 0 Å². The van der Waals surface area contributed by atoms with Gasteiger partial charge in [0.25, 0.3) is 5.56 Å². The van der Waals surface area contributed by atoms with Crippen LogP contribution in [0.25, 0.3) is 21.9 Å². The second-order valence-corrected chi connectivity index (χ2v) is 9.08. The minimum atomic E-state index is -0.373. The summed E-state index contributed by atoms with van der Waals surface area (Å²) in [5.74, 6) is 0.775. The Labute approximate surface area is 191 Å². The van der Waals surface area contributed by atoms with Crippen LogP contribution in [0, 0.1) is 0 Å². The van der Waals surface area contributed by atoms with Crippen LogP contribution >= 0.6 is 0 Å². The molecule has 0 N–H and O–H groups in total. The van der Waals surface area contributed by atoms with Crippen molar-refractivity contribution in [1.82, 2.24) is 23.6 Å². The fourth-order valence-electron chi connectivity index (χ4n) is 5.00. The van der Waals surface area contributed by atoms with Crippen molar-refractivity contribution >= 4 is 21.9 Å². The van der Waals surface area contributed by atoms with Crippen LogP contribution < -0.4 is 11.2 Å². The zero-order chi connectivity index (χ0) is 23.3. The van der Waals surface area contributed by atoms with Gasteiger partial charge in [-0.05, 0) is 30.2 Å². The van der Waals surface area contributed by atoms with Crippen LogP contribution in [0.3, 0.4) is 0 Å². The normalized spacial score (nSPS) is 19.5. The standard InChI is InChI=1S/C25H29N5O3/c1-16-12-29(13-17(2)33-16)15-21-26-23-22(24(31)28(4)25(32)27(23)3)30(21)14-19-10-7-9-18-8-5-6-11-20(18)19/h5-11,16-17H,12-15H2,1-4H3/t16-,17-/m1/s1. The average molecular weight is 448 g/mol. The monoisotopic (exact) mass is 447 g/mol. The fraction of sp³-hybridized carbons (Fsp3) is 0.400. The van der Waals surface area contributed by atoms with E-state index in [4.69, 9.17) is 9.72 Å². The molecular weight excluding hydrogens is 418 g/mol. The van der Waals surface area contributed by atoms with Gasteiger partial charge in [-0.15, -0.1) is 0 Å². The van der Waals surface area contributed by atoms with Gasteiger partial charge in [0, 0.05) is 27.2 Å². The first-order valence-electron chi connectivity index (χ1n) is 11.3. The maximum absolute atomic E-state index is 13.2. The molecule has 0 amide bonds. The molecule has 1 aliphatic rings. The lowest BCUT2D eigenvalue weighted by Gasteiger charge is -2.35. The number of rotatable bonds is 4. The highest BCUT2D eigenvalue weighted by Gasteiger charge is 2.26. The molecule has 0 saturated carbocycles. The minimum Gasteiger partial charge on any atom is -0.373 e. The number of imidazole rings is 1. The molecule has 8 nitrogen and oxygen atoms in total. The van der Waals surface area contributed by atoms with E-state index in [0.717, 1.165) is 39.8 Å². The zero-order valence-corrected chi connectivity index (χ0v) is 19.5. The van der Waals surface area contributed by atoms with Crippen molar-refractivity contribution in [3.05, 3.63) is 74.7 Å². The first-order valence-corrected chi connectivity index (χ1v) is 11.3. The molecule has 1 aliphatic heterocycles. The predicted octanol–water partition coefficient (Wildman–Crippen LogP) is 2.24. The molecule has 2 aromatic heterocycles. The molecule has 4 aromatic rings. The summed E-state index contributed by atoms with van der Waals surface area (Å²) >= 11 is 0. The molecule has 0 aliphatic carbocycles. The van der Waals surface area contributed by atoms with Crippen LogP contribution in [-0.4, -0.2) is 48.9 Å². The van der Waals surface area contributed by atoms with E-state index in [1.165, 1.54) is 11.6 Å². The Bertz CT molecular complexity index is 1450. The molecule has 3 heterocycles. The maximum atomic E-state index is 13.2. The van der Waals surface area contributed by atoms with Crippen molar-refractivity contribution < 1.29 is 4.74 Å². The van der Waals surface area contributed by atoms with Crippen LogP contribution in [0.15, 0.2) is 52.1 Å². The number of ether oxygens (including phenoxy) is 1. The van der Waals surface area contributed by atoms with Gasteiger partial charge in [-0.25, -0.2) is 9.78 Å². The van der Waals surface area contributed by atoms with Gasteiger partial charge in [0.1, 0.15) is 5.82 Å². The molecular formula is C25H29N5O3. The summed E-state index contributed by atoms with van der Waals surface area (Å²) in [6, 6.07) is 14.5. The fourth-order valence-corrected chi connectivity index (χ4v) is 5.00. The lowest BCUT2D eigenvalue weighted by atomic mass is 10.0. The van der Waals surface area contributed by atoms with E-state index in [0.29, 0.717) is 24.3 Å². The van der Waals surface area contributed by atoms with Crippen LogP contribution in [0.4, 0.5) is 0 Å². The Morgan fingerprint density at radius 1 is 0.939 bits per heavy atom. The molecule has 2 aromatic carbocycles. The summed E-state index contributed by atoms with van der Waals surface area (Å²) in [5, 5.41) is 2.29. The second-order valence-electron chi connectivity index (χ2n) is 9.08. The number of morpholine rings is 1. The lowest BCUT2D eigenvalue weighted by Crippen LogP contribution is -2.45. The second kappa shape index (κ2) is 8.28. The summed E-state index contributed by atoms with van der Waals surface area (Å²) in [7, 11) is 3.19. The number of hydrogen-bond acceptors (Lipinski definition) is 5. The molecule has 0 radical (unpaired) electrons. The molecule has 0 bridgehead atoms. The van der Waals surface area contributed by atoms with Crippen molar-refractivity contribution in [1.29, 1.82) is 0 Å². The smallest absolute Gasteiger partial charge is 0.332 e. The van der Waals surface area contributed by atoms with Crippen molar-refractivity contribution in [3.63, 3.8) is 0 Å². The van der Waals surface area contributed by atoms with Crippen LogP contribution in [0.2, 0.25) is 0 Å². The number of aromatic nitrogens is 4. The van der Waals surface area contributed by atoms with Gasteiger partial charge in [0.05, 0.1) is 25.3 Å². The van der Waals surface area contributed by atoms with Gasteiger partial charge in [-0.1, -0.05) is 42.5 Å². The first kappa shape index (κ1) is 21.6. The molecule has 33 heavy (non-hydrogen) atoms. The highest BCUT2D eigenvalue weighted by atomic mass is 16.5. The highest BCUT2D eigenvalue weighted by Crippen LogP contribution is 2.23. The third-order valence-electron chi connectivity index (χ3n) is 6.50. The zero-order valence-electron chi connectivity index (χ0n) is 19.5. The summed E-state index contributed by atoms with van der Waals surface area (Å²) in [5.41, 5.74) is 1.29. The summed E-state index contributed by atoms with van der Waals surface area (Å²) in [4.78, 5) is 33.0. The van der Waals surface area contributed by atoms with Crippen LogP contribution in [0.1, 0.15) is 25.2 Å². The first-order chi connectivity index (χ1) is 15.8. The number of hydrogen-bond donors (Lipinski definition) is 0. The average Bonchev–Trinajstić information content (AvgIpc) is 3.13. The van der Waals surface area contributed by atoms with Gasteiger partial charge < -0.3 is 9.30 Å². The number of benzene rings is 2. The quantitative estimate of drug-likeness (QED) is 0.480. The number of fused-ring (bicyclic) bond motifs is 2. The van der Waals surface area contributed by atoms with E-state index in [1.807, 2.05) is 22.8 Å². The van der Waals surface area contributed by atoms with Crippen molar-refractivity contribution in [2.45, 2.75) is 39.1 Å². The minimum absolute atomic E-state index is 0.127. The molecule has 8 heteroatoms. The van der Waals surface area contributed by atoms with Gasteiger partial charge in [-0.2, -0.15) is 0 Å². The summed E-state index contributed by atoms with van der Waals surface area (Å²) < 4.78 is 10.5. The van der Waals surface area contributed by atoms with Crippen LogP contribution in [0.5, 0.6) is 0 Å². The summed E-state index contributed by atoms with van der Waals surface area (Å²) in [6.07, 6.45) is 0.253. The Kier molecular flexibility index (Phi) is 5.42.